The Morgan fingerprint density at radius 3 is 2.37 bits per heavy atom. The number of amides is 1. The topological polar surface area (TPSA) is 70.6 Å². The van der Waals surface area contributed by atoms with Crippen LogP contribution in [0.2, 0.25) is 10.0 Å². The Bertz CT molecular complexity index is 1040. The lowest BCUT2D eigenvalue weighted by molar-refractivity contribution is -0.118. The number of nitrogens with one attached hydrogen (secondary N) is 2. The van der Waals surface area contributed by atoms with Gasteiger partial charge in [0.2, 0.25) is 0 Å². The minimum Gasteiger partial charge on any atom is -0.505 e. The number of anilines is 2. The number of phenols is 1. The van der Waals surface area contributed by atoms with Gasteiger partial charge in [-0.2, -0.15) is 0 Å². The van der Waals surface area contributed by atoms with E-state index in [0.717, 1.165) is 15.6 Å². The highest BCUT2D eigenvalue weighted by molar-refractivity contribution is 9.10. The molecule has 0 aliphatic rings. The van der Waals surface area contributed by atoms with Gasteiger partial charge in [0.1, 0.15) is 5.75 Å². The molecule has 3 rings (SSSR count). The fraction of sp³-hybridized carbons (Fsp3) is 0.136. The molecule has 0 spiro atoms. The Balaban J connectivity index is 1.64. The Labute approximate surface area is 193 Å². The first kappa shape index (κ1) is 22.3. The molecule has 0 aliphatic carbocycles. The number of benzene rings is 3. The number of halogens is 3. The molecule has 5 nitrogen and oxygen atoms in total. The average Bonchev–Trinajstić information content (AvgIpc) is 2.71. The van der Waals surface area contributed by atoms with Gasteiger partial charge in [0, 0.05) is 28.0 Å². The first-order chi connectivity index (χ1) is 14.3. The van der Waals surface area contributed by atoms with Gasteiger partial charge in [-0.25, -0.2) is 0 Å². The van der Waals surface area contributed by atoms with Crippen molar-refractivity contribution in [3.05, 3.63) is 80.2 Å². The first-order valence-electron chi connectivity index (χ1n) is 9.01. The molecule has 0 aromatic heterocycles. The molecule has 0 saturated heterocycles. The molecule has 156 valence electrons. The lowest BCUT2D eigenvalue weighted by Crippen LogP contribution is -2.20. The maximum absolute atomic E-state index is 12.2. The quantitative estimate of drug-likeness (QED) is 0.322. The van der Waals surface area contributed by atoms with E-state index in [4.69, 9.17) is 27.9 Å². The summed E-state index contributed by atoms with van der Waals surface area (Å²) in [5.41, 5.74) is 3.30. The number of aryl methyl sites for hydroxylation is 1. The van der Waals surface area contributed by atoms with Crippen LogP contribution in [0.15, 0.2) is 59.1 Å². The van der Waals surface area contributed by atoms with Crippen LogP contribution in [0, 0.1) is 6.92 Å². The summed E-state index contributed by atoms with van der Waals surface area (Å²) in [6, 6.07) is 16.2. The molecule has 0 unspecified atom stereocenters. The molecule has 0 heterocycles. The summed E-state index contributed by atoms with van der Waals surface area (Å²) in [7, 11) is 0. The third-order valence-corrected chi connectivity index (χ3v) is 5.29. The van der Waals surface area contributed by atoms with Crippen molar-refractivity contribution < 1.29 is 14.6 Å². The molecule has 3 aromatic rings. The molecule has 3 N–H and O–H groups in total. The molecule has 0 aliphatic heterocycles. The fourth-order valence-electron chi connectivity index (χ4n) is 2.67. The van der Waals surface area contributed by atoms with E-state index in [0.29, 0.717) is 23.7 Å². The lowest BCUT2D eigenvalue weighted by Gasteiger charge is -2.14. The number of hydrogen-bond donors (Lipinski definition) is 3. The summed E-state index contributed by atoms with van der Waals surface area (Å²) in [6.07, 6.45) is 0. The Morgan fingerprint density at radius 2 is 1.70 bits per heavy atom. The van der Waals surface area contributed by atoms with E-state index in [1.54, 1.807) is 18.2 Å². The maximum Gasteiger partial charge on any atom is 0.262 e. The minimum absolute atomic E-state index is 0.126. The van der Waals surface area contributed by atoms with Crippen molar-refractivity contribution in [1.29, 1.82) is 0 Å². The van der Waals surface area contributed by atoms with Crippen LogP contribution in [0.1, 0.15) is 11.1 Å². The largest absolute Gasteiger partial charge is 0.505 e. The van der Waals surface area contributed by atoms with Gasteiger partial charge in [0.05, 0.1) is 10.0 Å². The van der Waals surface area contributed by atoms with Crippen molar-refractivity contribution in [2.45, 2.75) is 13.5 Å². The van der Waals surface area contributed by atoms with Gasteiger partial charge >= 0.3 is 0 Å². The minimum atomic E-state index is -0.252. The van der Waals surface area contributed by atoms with Crippen molar-refractivity contribution in [3.8, 4) is 11.5 Å². The van der Waals surface area contributed by atoms with Crippen molar-refractivity contribution in [2.75, 3.05) is 17.2 Å². The molecular weight excluding hydrogens is 491 g/mol. The fourth-order valence-corrected chi connectivity index (χ4v) is 3.56. The zero-order chi connectivity index (χ0) is 21.7. The highest BCUT2D eigenvalue weighted by Gasteiger charge is 2.10. The van der Waals surface area contributed by atoms with Crippen LogP contribution in [-0.2, 0) is 11.3 Å². The third-order valence-electron chi connectivity index (χ3n) is 4.22. The third kappa shape index (κ3) is 6.05. The maximum atomic E-state index is 12.2. The van der Waals surface area contributed by atoms with Gasteiger partial charge < -0.3 is 20.5 Å². The van der Waals surface area contributed by atoms with E-state index >= 15 is 0 Å². The molecule has 0 fully saturated rings. The lowest BCUT2D eigenvalue weighted by atomic mass is 10.2. The second-order valence-corrected chi connectivity index (χ2v) is 8.33. The average molecular weight is 510 g/mol. The van der Waals surface area contributed by atoms with Gasteiger partial charge in [-0.15, -0.1) is 0 Å². The van der Waals surface area contributed by atoms with Gasteiger partial charge in [-0.05, 0) is 49.4 Å². The monoisotopic (exact) mass is 508 g/mol. The van der Waals surface area contributed by atoms with Crippen LogP contribution in [0.5, 0.6) is 11.5 Å². The Kier molecular flexibility index (Phi) is 7.48. The SMILES string of the molecule is Cc1ccc(NC(=O)COc2ccc(Br)cc2CNc2cc(Cl)c(O)c(Cl)c2)cc1. The van der Waals surface area contributed by atoms with Gasteiger partial charge in [0.15, 0.2) is 12.4 Å². The highest BCUT2D eigenvalue weighted by Crippen LogP contribution is 2.35. The summed E-state index contributed by atoms with van der Waals surface area (Å²) in [5.74, 6) is 0.161. The van der Waals surface area contributed by atoms with Crippen molar-refractivity contribution >= 4 is 56.4 Å². The van der Waals surface area contributed by atoms with Crippen LogP contribution in [0.3, 0.4) is 0 Å². The Morgan fingerprint density at radius 1 is 1.03 bits per heavy atom. The smallest absolute Gasteiger partial charge is 0.262 e. The van der Waals surface area contributed by atoms with E-state index in [-0.39, 0.29) is 28.3 Å². The first-order valence-corrected chi connectivity index (χ1v) is 10.6. The summed E-state index contributed by atoms with van der Waals surface area (Å²) in [5, 5.41) is 16.0. The van der Waals surface area contributed by atoms with E-state index in [1.807, 2.05) is 43.3 Å². The van der Waals surface area contributed by atoms with Gasteiger partial charge in [0.25, 0.3) is 5.91 Å². The molecule has 0 radical (unpaired) electrons. The van der Waals surface area contributed by atoms with E-state index in [9.17, 15) is 9.90 Å². The van der Waals surface area contributed by atoms with Crippen molar-refractivity contribution in [3.63, 3.8) is 0 Å². The van der Waals surface area contributed by atoms with Gasteiger partial charge in [-0.1, -0.05) is 56.8 Å². The molecule has 8 heteroatoms. The Hall–Kier alpha value is -2.41. The van der Waals surface area contributed by atoms with E-state index in [1.165, 1.54) is 0 Å². The van der Waals surface area contributed by atoms with Crippen molar-refractivity contribution in [1.82, 2.24) is 0 Å². The highest BCUT2D eigenvalue weighted by atomic mass is 79.9. The number of hydrogen-bond acceptors (Lipinski definition) is 4. The van der Waals surface area contributed by atoms with E-state index < -0.39 is 0 Å². The van der Waals surface area contributed by atoms with Crippen LogP contribution in [0.25, 0.3) is 0 Å². The number of carbonyl (C=O) groups excluding carboxylic acids is 1. The molecule has 3 aromatic carbocycles. The molecule has 0 atom stereocenters. The zero-order valence-electron chi connectivity index (χ0n) is 16.0. The zero-order valence-corrected chi connectivity index (χ0v) is 19.1. The molecule has 0 saturated carbocycles. The predicted octanol–water partition coefficient (Wildman–Crippen LogP) is 6.40. The van der Waals surface area contributed by atoms with Gasteiger partial charge in [-0.3, -0.25) is 4.79 Å². The second kappa shape index (κ2) is 10.1. The van der Waals surface area contributed by atoms with Crippen LogP contribution in [-0.4, -0.2) is 17.6 Å². The molecule has 0 bridgehead atoms. The summed E-state index contributed by atoms with van der Waals surface area (Å²) in [4.78, 5) is 12.2. The summed E-state index contributed by atoms with van der Waals surface area (Å²) < 4.78 is 6.61. The van der Waals surface area contributed by atoms with Crippen LogP contribution >= 0.6 is 39.1 Å². The number of rotatable bonds is 7. The van der Waals surface area contributed by atoms with E-state index in [2.05, 4.69) is 26.6 Å². The standard InChI is InChI=1S/C22H19BrCl2N2O3/c1-13-2-5-16(6-3-13)27-21(28)12-30-20-7-4-15(23)8-14(20)11-26-17-9-18(24)22(29)19(25)10-17/h2-10,26,29H,11-12H2,1H3,(H,27,28). The van der Waals surface area contributed by atoms with Crippen LogP contribution < -0.4 is 15.4 Å². The van der Waals surface area contributed by atoms with Crippen LogP contribution in [0.4, 0.5) is 11.4 Å². The summed E-state index contributed by atoms with van der Waals surface area (Å²) >= 11 is 15.4. The predicted molar refractivity (Wildman–Crippen MR) is 125 cm³/mol. The normalized spacial score (nSPS) is 10.5. The summed E-state index contributed by atoms with van der Waals surface area (Å²) in [6.45, 7) is 2.25. The molecule has 30 heavy (non-hydrogen) atoms. The number of aromatic hydroxyl groups is 1. The number of phenolic OH excluding ortho intramolecular Hbond substituents is 1. The molecular formula is C22H19BrCl2N2O3. The number of carbonyl (C=O) groups is 1. The molecule has 1 amide bonds. The number of ether oxygens (including phenoxy) is 1. The second-order valence-electron chi connectivity index (χ2n) is 6.60. The van der Waals surface area contributed by atoms with Crippen molar-refractivity contribution in [2.24, 2.45) is 0 Å².